The van der Waals surface area contributed by atoms with Crippen molar-refractivity contribution in [2.45, 2.75) is 6.42 Å². The number of carbonyl (C=O) groups is 2. The fourth-order valence-electron chi connectivity index (χ4n) is 0.786. The van der Waals surface area contributed by atoms with Crippen LogP contribution in [0.3, 0.4) is 0 Å². The number of anilines is 1. The summed E-state index contributed by atoms with van der Waals surface area (Å²) in [5.74, 6) is -0.833. The van der Waals surface area contributed by atoms with Gasteiger partial charge >= 0.3 is 12.1 Å². The molecule has 1 aromatic heterocycles. The molecule has 0 amide bonds. The maximum atomic E-state index is 10.8. The van der Waals surface area contributed by atoms with Crippen molar-refractivity contribution < 1.29 is 19.4 Å². The van der Waals surface area contributed by atoms with Gasteiger partial charge in [0.2, 0.25) is 5.95 Å². The third kappa shape index (κ3) is 1.97. The quantitative estimate of drug-likeness (QED) is 0.593. The number of rotatable bonds is 2. The third-order valence-corrected chi connectivity index (χ3v) is 1.39. The molecule has 0 saturated heterocycles. The Hall–Kier alpha value is -2.12. The minimum absolute atomic E-state index is 0.0109. The van der Waals surface area contributed by atoms with Crippen molar-refractivity contribution in [3.8, 4) is 0 Å². The summed E-state index contributed by atoms with van der Waals surface area (Å²) in [5, 5.41) is 12.0. The molecular weight excluding hydrogens is 192 g/mol. The maximum Gasteiger partial charge on any atom is 0.435 e. The summed E-state index contributed by atoms with van der Waals surface area (Å²) in [7, 11) is 1.21. The Morgan fingerprint density at radius 3 is 2.71 bits per heavy atom. The summed E-state index contributed by atoms with van der Waals surface area (Å²) in [6.07, 6.45) is -1.56. The van der Waals surface area contributed by atoms with E-state index in [4.69, 9.17) is 10.8 Å². The Morgan fingerprint density at radius 1 is 1.64 bits per heavy atom. The van der Waals surface area contributed by atoms with Gasteiger partial charge in [0.1, 0.15) is 6.42 Å². The average Bonchev–Trinajstić information content (AvgIpc) is 2.46. The molecule has 0 radical (unpaired) electrons. The van der Waals surface area contributed by atoms with Crippen molar-refractivity contribution in [2.75, 3.05) is 12.8 Å². The van der Waals surface area contributed by atoms with Crippen molar-refractivity contribution in [1.29, 1.82) is 0 Å². The van der Waals surface area contributed by atoms with E-state index in [0.717, 1.165) is 0 Å². The van der Waals surface area contributed by atoms with Crippen LogP contribution in [-0.2, 0) is 16.0 Å². The van der Waals surface area contributed by atoms with E-state index in [1.54, 1.807) is 0 Å². The fraction of sp³-hybridized carbons (Fsp3) is 0.333. The molecule has 1 aromatic rings. The molecule has 0 aromatic carbocycles. The standard InChI is InChI=1S/C6H8N4O4/c1-14-4(11)2-3-8-5(7)10(9-3)6(12)13/h2H2,1H3,(H,12,13)(H2,7,8,9). The summed E-state index contributed by atoms with van der Waals surface area (Å²) in [5.41, 5.74) is 5.22. The number of nitrogens with zero attached hydrogens (tertiary/aromatic N) is 3. The van der Waals surface area contributed by atoms with Crippen LogP contribution >= 0.6 is 0 Å². The number of carbonyl (C=O) groups excluding carboxylic acids is 1. The molecule has 0 aliphatic rings. The molecular formula is C6H8N4O4. The molecule has 0 saturated carbocycles. The highest BCUT2D eigenvalue weighted by Gasteiger charge is 2.14. The molecule has 0 bridgehead atoms. The van der Waals surface area contributed by atoms with E-state index < -0.39 is 12.1 Å². The van der Waals surface area contributed by atoms with E-state index in [1.165, 1.54) is 7.11 Å². The van der Waals surface area contributed by atoms with Gasteiger partial charge in [0.25, 0.3) is 0 Å². The largest absolute Gasteiger partial charge is 0.469 e. The van der Waals surface area contributed by atoms with Crippen molar-refractivity contribution in [1.82, 2.24) is 14.8 Å². The van der Waals surface area contributed by atoms with Gasteiger partial charge < -0.3 is 15.6 Å². The van der Waals surface area contributed by atoms with Gasteiger partial charge in [-0.05, 0) is 0 Å². The van der Waals surface area contributed by atoms with E-state index in [9.17, 15) is 9.59 Å². The first-order chi connectivity index (χ1) is 6.54. The number of nitrogen functional groups attached to an aromatic ring is 1. The Morgan fingerprint density at radius 2 is 2.29 bits per heavy atom. The second-order valence-electron chi connectivity index (χ2n) is 2.33. The molecule has 8 nitrogen and oxygen atoms in total. The number of nitrogens with two attached hydrogens (primary N) is 1. The predicted molar refractivity (Wildman–Crippen MR) is 43.6 cm³/mol. The van der Waals surface area contributed by atoms with E-state index >= 15 is 0 Å². The fourth-order valence-corrected chi connectivity index (χ4v) is 0.786. The van der Waals surface area contributed by atoms with Crippen molar-refractivity contribution in [2.24, 2.45) is 0 Å². The minimum atomic E-state index is -1.36. The molecule has 0 aliphatic heterocycles. The number of hydrogen-bond donors (Lipinski definition) is 2. The number of methoxy groups -OCH3 is 1. The predicted octanol–water partition coefficient (Wildman–Crippen LogP) is -0.898. The summed E-state index contributed by atoms with van der Waals surface area (Å²) in [6, 6.07) is 0. The first kappa shape index (κ1) is 9.96. The van der Waals surface area contributed by atoms with Crippen molar-refractivity contribution >= 4 is 18.0 Å². The summed E-state index contributed by atoms with van der Waals surface area (Å²) in [4.78, 5) is 24.8. The average molecular weight is 200 g/mol. The van der Waals surface area contributed by atoms with Gasteiger partial charge in [-0.15, -0.1) is 9.78 Å². The van der Waals surface area contributed by atoms with Gasteiger partial charge in [-0.3, -0.25) is 4.79 Å². The summed E-state index contributed by atoms with van der Waals surface area (Å²) < 4.78 is 4.83. The molecule has 1 rings (SSSR count). The second-order valence-corrected chi connectivity index (χ2v) is 2.33. The lowest BCUT2D eigenvalue weighted by Gasteiger charge is -1.92. The second kappa shape index (κ2) is 3.73. The number of esters is 1. The van der Waals surface area contributed by atoms with Crippen LogP contribution in [0.1, 0.15) is 5.82 Å². The third-order valence-electron chi connectivity index (χ3n) is 1.39. The Balaban J connectivity index is 2.86. The van der Waals surface area contributed by atoms with Crippen LogP contribution in [0, 0.1) is 0 Å². The van der Waals surface area contributed by atoms with Crippen LogP contribution in [-0.4, -0.2) is 39.0 Å². The van der Waals surface area contributed by atoms with Gasteiger partial charge in [-0.2, -0.15) is 4.98 Å². The molecule has 3 N–H and O–H groups in total. The highest BCUT2D eigenvalue weighted by Crippen LogP contribution is 2.01. The van der Waals surface area contributed by atoms with E-state index in [-0.39, 0.29) is 18.2 Å². The van der Waals surface area contributed by atoms with Gasteiger partial charge in [0, 0.05) is 0 Å². The lowest BCUT2D eigenvalue weighted by atomic mass is 10.4. The lowest BCUT2D eigenvalue weighted by molar-refractivity contribution is -0.139. The van der Waals surface area contributed by atoms with Crippen LogP contribution < -0.4 is 5.73 Å². The van der Waals surface area contributed by atoms with Crippen LogP contribution in [0.25, 0.3) is 0 Å². The van der Waals surface area contributed by atoms with Crippen LogP contribution in [0.5, 0.6) is 0 Å². The zero-order valence-electron chi connectivity index (χ0n) is 7.30. The number of aromatic nitrogens is 3. The van der Waals surface area contributed by atoms with Crippen LogP contribution in [0.4, 0.5) is 10.7 Å². The molecule has 0 unspecified atom stereocenters. The highest BCUT2D eigenvalue weighted by atomic mass is 16.5. The first-order valence-corrected chi connectivity index (χ1v) is 3.56. The Kier molecular flexibility index (Phi) is 2.65. The normalized spacial score (nSPS) is 9.79. The molecule has 14 heavy (non-hydrogen) atoms. The number of hydrogen-bond acceptors (Lipinski definition) is 6. The van der Waals surface area contributed by atoms with Gasteiger partial charge in [0.05, 0.1) is 7.11 Å². The topological polar surface area (TPSA) is 120 Å². The van der Waals surface area contributed by atoms with E-state index in [2.05, 4.69) is 14.8 Å². The zero-order chi connectivity index (χ0) is 10.7. The summed E-state index contributed by atoms with van der Waals surface area (Å²) >= 11 is 0. The van der Waals surface area contributed by atoms with Gasteiger partial charge in [0.15, 0.2) is 5.82 Å². The Labute approximate surface area is 78.3 Å². The maximum absolute atomic E-state index is 10.8. The van der Waals surface area contributed by atoms with Gasteiger partial charge in [-0.1, -0.05) is 0 Å². The highest BCUT2D eigenvalue weighted by molar-refractivity contribution is 5.72. The lowest BCUT2D eigenvalue weighted by Crippen LogP contribution is -2.13. The molecule has 0 atom stereocenters. The molecule has 8 heteroatoms. The van der Waals surface area contributed by atoms with E-state index in [1.807, 2.05) is 0 Å². The molecule has 0 aliphatic carbocycles. The molecule has 0 spiro atoms. The summed E-state index contributed by atoms with van der Waals surface area (Å²) in [6.45, 7) is 0. The van der Waals surface area contributed by atoms with Crippen LogP contribution in [0.2, 0.25) is 0 Å². The molecule has 1 heterocycles. The number of carboxylic acid groups (broad SMARTS) is 1. The number of ether oxygens (including phenoxy) is 1. The molecule has 0 fully saturated rings. The first-order valence-electron chi connectivity index (χ1n) is 3.56. The van der Waals surface area contributed by atoms with E-state index in [0.29, 0.717) is 4.68 Å². The SMILES string of the molecule is COC(=O)Cc1nc(N)n(C(=O)O)n1. The van der Waals surface area contributed by atoms with Crippen molar-refractivity contribution in [3.63, 3.8) is 0 Å². The zero-order valence-corrected chi connectivity index (χ0v) is 7.30. The van der Waals surface area contributed by atoms with Crippen molar-refractivity contribution in [3.05, 3.63) is 5.82 Å². The molecule has 76 valence electrons. The Bertz CT molecular complexity index is 372. The smallest absolute Gasteiger partial charge is 0.435 e. The minimum Gasteiger partial charge on any atom is -0.469 e. The van der Waals surface area contributed by atoms with Crippen LogP contribution in [0.15, 0.2) is 0 Å². The monoisotopic (exact) mass is 200 g/mol. The van der Waals surface area contributed by atoms with Gasteiger partial charge in [-0.25, -0.2) is 4.79 Å².